The third kappa shape index (κ3) is 1.38. The van der Waals surface area contributed by atoms with Crippen LogP contribution in [0.15, 0.2) is 9.32 Å². The number of rotatable bonds is 2. The molecule has 0 spiro atoms. The number of hydrogen-bond donors (Lipinski definition) is 2. The van der Waals surface area contributed by atoms with E-state index in [-0.39, 0.29) is 5.63 Å². The molecule has 0 radical (unpaired) electrons. The summed E-state index contributed by atoms with van der Waals surface area (Å²) in [4.78, 5) is 11.6. The Morgan fingerprint density at radius 2 is 1.72 bits per heavy atom. The molecule has 3 N–H and O–H groups in total. The van der Waals surface area contributed by atoms with Crippen LogP contribution in [-0.4, -0.2) is 5.16 Å². The van der Waals surface area contributed by atoms with Crippen molar-refractivity contribution < 1.29 is 4.52 Å². The monoisotopic (exact) mass is 248 g/mol. The predicted octanol–water partition coefficient (Wildman–Crippen LogP) is 1.97. The van der Waals surface area contributed by atoms with E-state index in [1.165, 1.54) is 32.1 Å². The fourth-order valence-electron chi connectivity index (χ4n) is 5.19. The SMILES string of the molecule is NCc1c(C2C3CC4CC(C3)CC2C4)[nH]oc1=O. The number of aromatic amines is 1. The highest BCUT2D eigenvalue weighted by Crippen LogP contribution is 2.59. The molecular formula is C14H20N2O2. The number of hydrogen-bond acceptors (Lipinski definition) is 3. The van der Waals surface area contributed by atoms with Gasteiger partial charge in [0.2, 0.25) is 0 Å². The zero-order valence-corrected chi connectivity index (χ0v) is 10.5. The van der Waals surface area contributed by atoms with Crippen molar-refractivity contribution in [2.24, 2.45) is 29.4 Å². The second kappa shape index (κ2) is 3.73. The topological polar surface area (TPSA) is 72.0 Å². The summed E-state index contributed by atoms with van der Waals surface area (Å²) < 4.78 is 4.98. The van der Waals surface area contributed by atoms with E-state index in [2.05, 4.69) is 5.16 Å². The molecule has 4 aliphatic rings. The van der Waals surface area contributed by atoms with Gasteiger partial charge in [0.1, 0.15) is 0 Å². The molecule has 0 amide bonds. The van der Waals surface area contributed by atoms with Crippen molar-refractivity contribution in [2.45, 2.75) is 44.6 Å². The number of H-pyrrole nitrogens is 1. The van der Waals surface area contributed by atoms with Crippen molar-refractivity contribution in [1.82, 2.24) is 5.16 Å². The first-order chi connectivity index (χ1) is 8.76. The summed E-state index contributed by atoms with van der Waals surface area (Å²) in [6.07, 6.45) is 6.82. The van der Waals surface area contributed by atoms with Gasteiger partial charge in [-0.1, -0.05) is 0 Å². The van der Waals surface area contributed by atoms with Gasteiger partial charge in [-0.3, -0.25) is 0 Å². The summed E-state index contributed by atoms with van der Waals surface area (Å²) in [5.41, 5.74) is 7.16. The molecule has 18 heavy (non-hydrogen) atoms. The minimum absolute atomic E-state index is 0.263. The first-order valence-corrected chi connectivity index (χ1v) is 7.16. The first-order valence-electron chi connectivity index (χ1n) is 7.16. The van der Waals surface area contributed by atoms with Crippen molar-refractivity contribution in [3.8, 4) is 0 Å². The van der Waals surface area contributed by atoms with Crippen LogP contribution < -0.4 is 11.4 Å². The summed E-state index contributed by atoms with van der Waals surface area (Å²) in [6, 6.07) is 0. The summed E-state index contributed by atoms with van der Waals surface area (Å²) in [5, 5.41) is 2.89. The highest BCUT2D eigenvalue weighted by Gasteiger charge is 2.49. The van der Waals surface area contributed by atoms with Gasteiger partial charge in [0.05, 0.1) is 11.3 Å². The Hall–Kier alpha value is -1.03. The van der Waals surface area contributed by atoms with Crippen LogP contribution in [0.2, 0.25) is 0 Å². The number of aromatic nitrogens is 1. The van der Waals surface area contributed by atoms with Crippen molar-refractivity contribution in [3.05, 3.63) is 21.7 Å². The molecule has 1 heterocycles. The highest BCUT2D eigenvalue weighted by atomic mass is 16.5. The van der Waals surface area contributed by atoms with Crippen LogP contribution in [0, 0.1) is 23.7 Å². The third-order valence-corrected chi connectivity index (χ3v) is 5.59. The minimum Gasteiger partial charge on any atom is -0.338 e. The molecule has 4 fully saturated rings. The maximum absolute atomic E-state index is 11.6. The average Bonchev–Trinajstić information content (AvgIpc) is 2.69. The lowest BCUT2D eigenvalue weighted by molar-refractivity contribution is -0.00530. The van der Waals surface area contributed by atoms with Crippen LogP contribution in [0.4, 0.5) is 0 Å². The van der Waals surface area contributed by atoms with Crippen molar-refractivity contribution in [1.29, 1.82) is 0 Å². The number of nitrogens with two attached hydrogens (primary N) is 1. The van der Waals surface area contributed by atoms with Gasteiger partial charge < -0.3 is 10.3 Å². The minimum atomic E-state index is -0.263. The van der Waals surface area contributed by atoms with E-state index in [1.54, 1.807) is 0 Å². The maximum Gasteiger partial charge on any atom is 0.361 e. The van der Waals surface area contributed by atoms with Gasteiger partial charge >= 0.3 is 5.63 Å². The molecule has 0 aliphatic heterocycles. The molecule has 4 heteroatoms. The molecule has 0 atom stereocenters. The van der Waals surface area contributed by atoms with Crippen LogP contribution in [0.3, 0.4) is 0 Å². The van der Waals surface area contributed by atoms with Gasteiger partial charge in [0.15, 0.2) is 0 Å². The van der Waals surface area contributed by atoms with E-state index >= 15 is 0 Å². The lowest BCUT2D eigenvalue weighted by Crippen LogP contribution is -2.44. The molecule has 4 bridgehead atoms. The van der Waals surface area contributed by atoms with Crippen molar-refractivity contribution in [2.75, 3.05) is 0 Å². The molecule has 0 unspecified atom stereocenters. The fraction of sp³-hybridized carbons (Fsp3) is 0.786. The molecule has 5 rings (SSSR count). The Morgan fingerprint density at radius 1 is 1.11 bits per heavy atom. The predicted molar refractivity (Wildman–Crippen MR) is 67.0 cm³/mol. The van der Waals surface area contributed by atoms with E-state index in [0.29, 0.717) is 18.0 Å². The van der Waals surface area contributed by atoms with E-state index in [4.69, 9.17) is 10.3 Å². The van der Waals surface area contributed by atoms with E-state index in [9.17, 15) is 4.79 Å². The van der Waals surface area contributed by atoms with Gasteiger partial charge in [-0.15, -0.1) is 0 Å². The normalized spacial score (nSPS) is 41.5. The fourth-order valence-corrected chi connectivity index (χ4v) is 5.19. The summed E-state index contributed by atoms with van der Waals surface area (Å²) >= 11 is 0. The second-order valence-corrected chi connectivity index (χ2v) is 6.54. The second-order valence-electron chi connectivity index (χ2n) is 6.54. The zero-order valence-electron chi connectivity index (χ0n) is 10.5. The summed E-state index contributed by atoms with van der Waals surface area (Å²) in [7, 11) is 0. The van der Waals surface area contributed by atoms with Gasteiger partial charge in [-0.05, 0) is 55.8 Å². The number of nitrogens with one attached hydrogen (secondary N) is 1. The molecule has 98 valence electrons. The molecule has 0 aromatic carbocycles. The molecule has 1 aromatic rings. The van der Waals surface area contributed by atoms with Crippen LogP contribution in [0.5, 0.6) is 0 Å². The molecule has 4 nitrogen and oxygen atoms in total. The van der Waals surface area contributed by atoms with E-state index in [1.807, 2.05) is 0 Å². The molecule has 4 aliphatic carbocycles. The Kier molecular flexibility index (Phi) is 2.25. The maximum atomic E-state index is 11.6. The molecule has 0 saturated heterocycles. The lowest BCUT2D eigenvalue weighted by Gasteiger charge is -2.54. The third-order valence-electron chi connectivity index (χ3n) is 5.59. The van der Waals surface area contributed by atoms with Crippen LogP contribution in [0.1, 0.15) is 49.3 Å². The van der Waals surface area contributed by atoms with Crippen LogP contribution >= 0.6 is 0 Å². The van der Waals surface area contributed by atoms with Gasteiger partial charge in [0.25, 0.3) is 0 Å². The summed E-state index contributed by atoms with van der Waals surface area (Å²) in [6.45, 7) is 0.296. The zero-order chi connectivity index (χ0) is 12.3. The Morgan fingerprint density at radius 3 is 2.28 bits per heavy atom. The smallest absolute Gasteiger partial charge is 0.338 e. The highest BCUT2D eigenvalue weighted by molar-refractivity contribution is 5.23. The Balaban J connectivity index is 1.74. The standard InChI is InChI=1S/C14H20N2O2/c15-6-11-13(16-18-14(11)17)12-9-2-7-1-8(4-9)5-10(12)3-7/h7-10,12,16H,1-6,15H2. The molecule has 4 saturated carbocycles. The van der Waals surface area contributed by atoms with Gasteiger partial charge in [0, 0.05) is 12.5 Å². The van der Waals surface area contributed by atoms with Crippen molar-refractivity contribution >= 4 is 0 Å². The van der Waals surface area contributed by atoms with E-state index in [0.717, 1.165) is 29.4 Å². The van der Waals surface area contributed by atoms with Gasteiger partial charge in [-0.2, -0.15) is 0 Å². The summed E-state index contributed by atoms with van der Waals surface area (Å²) in [5.74, 6) is 3.90. The molecule has 1 aromatic heterocycles. The Labute approximate surface area is 106 Å². The largest absolute Gasteiger partial charge is 0.361 e. The average molecular weight is 248 g/mol. The first kappa shape index (κ1) is 10.9. The van der Waals surface area contributed by atoms with Gasteiger partial charge in [-0.25, -0.2) is 9.95 Å². The van der Waals surface area contributed by atoms with E-state index < -0.39 is 0 Å². The lowest BCUT2D eigenvalue weighted by atomic mass is 9.51. The van der Waals surface area contributed by atoms with Crippen molar-refractivity contribution in [3.63, 3.8) is 0 Å². The van der Waals surface area contributed by atoms with Crippen LogP contribution in [0.25, 0.3) is 0 Å². The Bertz CT molecular complexity index is 488. The quantitative estimate of drug-likeness (QED) is 0.840. The van der Waals surface area contributed by atoms with Crippen LogP contribution in [-0.2, 0) is 6.54 Å². The molecular weight excluding hydrogens is 228 g/mol.